The molecule has 1 fully saturated rings. The van der Waals surface area contributed by atoms with Crippen molar-refractivity contribution in [3.05, 3.63) is 89.4 Å². The summed E-state index contributed by atoms with van der Waals surface area (Å²) in [5.74, 6) is -1.11. The van der Waals surface area contributed by atoms with Gasteiger partial charge >= 0.3 is 0 Å². The first kappa shape index (κ1) is 28.6. The molecule has 0 radical (unpaired) electrons. The van der Waals surface area contributed by atoms with Crippen LogP contribution in [0.15, 0.2) is 71.8 Å². The number of anilines is 3. The highest BCUT2D eigenvalue weighted by atomic mass is 32.2. The third kappa shape index (κ3) is 5.88. The lowest BCUT2D eigenvalue weighted by Gasteiger charge is -2.27. The third-order valence-electron chi connectivity index (χ3n) is 7.61. The van der Waals surface area contributed by atoms with Crippen molar-refractivity contribution < 1.29 is 27.1 Å². The quantitative estimate of drug-likeness (QED) is 0.315. The molecule has 2 amide bonds. The van der Waals surface area contributed by atoms with Crippen molar-refractivity contribution in [2.24, 2.45) is 0 Å². The molecule has 3 aromatic carbocycles. The molecule has 1 aliphatic heterocycles. The van der Waals surface area contributed by atoms with E-state index in [1.807, 2.05) is 6.07 Å². The number of likely N-dealkylation sites (N-methyl/N-ethyl adjacent to an activating group) is 1. The number of carbonyl (C=O) groups is 2. The van der Waals surface area contributed by atoms with Gasteiger partial charge in [-0.1, -0.05) is 24.3 Å². The molecule has 1 aliphatic carbocycles. The van der Waals surface area contributed by atoms with Crippen LogP contribution in [0.3, 0.4) is 0 Å². The highest BCUT2D eigenvalue weighted by molar-refractivity contribution is 7.92. The summed E-state index contributed by atoms with van der Waals surface area (Å²) in [5, 5.41) is 6.24. The van der Waals surface area contributed by atoms with E-state index >= 15 is 0 Å². The number of ether oxygens (including phenoxy) is 1. The fraction of sp³-hybridized carbons (Fsp3) is 0.258. The molecule has 2 heterocycles. The Balaban J connectivity index is 1.41. The summed E-state index contributed by atoms with van der Waals surface area (Å²) in [6.07, 6.45) is 2.22. The Bertz CT molecular complexity index is 1860. The zero-order valence-corrected chi connectivity index (χ0v) is 24.2. The van der Waals surface area contributed by atoms with Crippen molar-refractivity contribution in [1.29, 1.82) is 0 Å². The number of rotatable bonds is 4. The first-order valence-electron chi connectivity index (χ1n) is 13.8. The van der Waals surface area contributed by atoms with Crippen LogP contribution in [0.25, 0.3) is 10.8 Å². The Hall–Kier alpha value is -4.55. The van der Waals surface area contributed by atoms with Crippen molar-refractivity contribution in [3.63, 3.8) is 0 Å². The lowest BCUT2D eigenvalue weighted by molar-refractivity contribution is -0.131. The van der Waals surface area contributed by atoms with E-state index in [4.69, 9.17) is 10.5 Å². The number of nitrogens with two attached hydrogens (primary N) is 1. The van der Waals surface area contributed by atoms with Crippen molar-refractivity contribution in [2.45, 2.75) is 42.2 Å². The Kier molecular flexibility index (Phi) is 7.49. The summed E-state index contributed by atoms with van der Waals surface area (Å²) in [5.41, 5.74) is 8.54. The number of nitrogens with one attached hydrogen (secondary N) is 2. The van der Waals surface area contributed by atoms with Crippen molar-refractivity contribution >= 4 is 49.6 Å². The van der Waals surface area contributed by atoms with Gasteiger partial charge in [0, 0.05) is 35.7 Å². The van der Waals surface area contributed by atoms with E-state index in [0.717, 1.165) is 11.8 Å². The lowest BCUT2D eigenvalue weighted by atomic mass is 10.0. The predicted molar refractivity (Wildman–Crippen MR) is 160 cm³/mol. The van der Waals surface area contributed by atoms with Gasteiger partial charge in [-0.25, -0.2) is 17.8 Å². The molecule has 0 spiro atoms. The number of pyridine rings is 1. The van der Waals surface area contributed by atoms with Gasteiger partial charge in [0.1, 0.15) is 24.3 Å². The molecule has 4 N–H and O–H groups in total. The molecule has 43 heavy (non-hydrogen) atoms. The number of sulfone groups is 1. The van der Waals surface area contributed by atoms with Crippen LogP contribution in [0.4, 0.5) is 21.6 Å². The molecule has 1 saturated carbocycles. The van der Waals surface area contributed by atoms with E-state index in [1.165, 1.54) is 11.0 Å². The molecule has 2 aliphatic rings. The summed E-state index contributed by atoms with van der Waals surface area (Å²) in [7, 11) is -2.02. The number of nitrogen functional groups attached to an aromatic ring is 1. The average Bonchev–Trinajstić information content (AvgIpc) is 3.84. The number of carbonyl (C=O) groups excluding carboxylic acids is 2. The molecular weight excluding hydrogens is 573 g/mol. The third-order valence-corrected chi connectivity index (χ3v) is 9.97. The fourth-order valence-electron chi connectivity index (χ4n) is 5.27. The van der Waals surface area contributed by atoms with E-state index < -0.39 is 32.9 Å². The van der Waals surface area contributed by atoms with Gasteiger partial charge in [0.2, 0.25) is 11.8 Å². The monoisotopic (exact) mass is 603 g/mol. The van der Waals surface area contributed by atoms with Gasteiger partial charge in [-0.15, -0.1) is 0 Å². The molecule has 12 heteroatoms. The summed E-state index contributed by atoms with van der Waals surface area (Å²) in [6, 6.07) is 15.8. The van der Waals surface area contributed by atoms with E-state index in [0.29, 0.717) is 40.7 Å². The van der Waals surface area contributed by atoms with Gasteiger partial charge in [0.05, 0.1) is 22.9 Å². The van der Waals surface area contributed by atoms with E-state index in [-0.39, 0.29) is 41.8 Å². The van der Waals surface area contributed by atoms with E-state index in [1.54, 1.807) is 55.6 Å². The molecule has 1 aromatic heterocycles. The molecule has 10 nitrogen and oxygen atoms in total. The lowest BCUT2D eigenvalue weighted by Crippen LogP contribution is -2.35. The number of aromatic nitrogens is 1. The van der Waals surface area contributed by atoms with Crippen LogP contribution in [-0.4, -0.2) is 49.0 Å². The summed E-state index contributed by atoms with van der Waals surface area (Å²) >= 11 is 0. The van der Waals surface area contributed by atoms with Gasteiger partial charge in [-0.05, 0) is 65.9 Å². The molecule has 1 unspecified atom stereocenters. The smallest absolute Gasteiger partial charge is 0.250 e. The highest BCUT2D eigenvalue weighted by Crippen LogP contribution is 2.36. The predicted octanol–water partition coefficient (Wildman–Crippen LogP) is 4.17. The van der Waals surface area contributed by atoms with Crippen LogP contribution in [0.2, 0.25) is 0 Å². The summed E-state index contributed by atoms with van der Waals surface area (Å²) < 4.78 is 46.9. The Morgan fingerprint density at radius 1 is 1.05 bits per heavy atom. The maximum atomic E-state index is 14.7. The molecule has 0 saturated heterocycles. The van der Waals surface area contributed by atoms with Gasteiger partial charge < -0.3 is 26.0 Å². The van der Waals surface area contributed by atoms with Gasteiger partial charge in [-0.2, -0.15) is 0 Å². The minimum Gasteiger partial charge on any atom is -0.383 e. The zero-order valence-electron chi connectivity index (χ0n) is 23.3. The molecule has 1 atom stereocenters. The normalized spacial score (nSPS) is 18.1. The number of fused-ring (bicyclic) bond motifs is 5. The first-order chi connectivity index (χ1) is 20.6. The Morgan fingerprint density at radius 3 is 2.65 bits per heavy atom. The highest BCUT2D eigenvalue weighted by Gasteiger charge is 2.38. The van der Waals surface area contributed by atoms with E-state index in [9.17, 15) is 22.4 Å². The second-order valence-corrected chi connectivity index (χ2v) is 13.1. The van der Waals surface area contributed by atoms with E-state index in [2.05, 4.69) is 15.6 Å². The van der Waals surface area contributed by atoms with Crippen molar-refractivity contribution in [2.75, 3.05) is 30.0 Å². The van der Waals surface area contributed by atoms with Crippen molar-refractivity contribution in [3.8, 4) is 0 Å². The molecule has 4 bridgehead atoms. The van der Waals surface area contributed by atoms with Crippen LogP contribution in [0, 0.1) is 5.82 Å². The average molecular weight is 604 g/mol. The number of benzene rings is 3. The second-order valence-electron chi connectivity index (χ2n) is 10.9. The minimum atomic E-state index is -3.61. The van der Waals surface area contributed by atoms with Crippen LogP contribution in [-0.2, 0) is 37.3 Å². The van der Waals surface area contributed by atoms with Crippen molar-refractivity contribution in [1.82, 2.24) is 9.88 Å². The SMILES string of the molecule is CN1Cc2cc(ccc2S(=O)(=O)C2CC2)NC(=O)COCc2cccc(c2)C(Nc2ccc3c(N)ncc(F)c3c2)C1=O. The van der Waals surface area contributed by atoms with Crippen LogP contribution < -0.4 is 16.4 Å². The number of hydrogen-bond acceptors (Lipinski definition) is 8. The largest absolute Gasteiger partial charge is 0.383 e. The number of hydrogen-bond donors (Lipinski definition) is 3. The number of amides is 2. The van der Waals surface area contributed by atoms with Crippen LogP contribution in [0.1, 0.15) is 35.6 Å². The maximum Gasteiger partial charge on any atom is 0.250 e. The molecule has 4 aromatic rings. The Morgan fingerprint density at radius 2 is 1.86 bits per heavy atom. The summed E-state index contributed by atoms with van der Waals surface area (Å²) in [6.45, 7) is -0.134. The summed E-state index contributed by atoms with van der Waals surface area (Å²) in [4.78, 5) is 32.2. The minimum absolute atomic E-state index is 0.0350. The standard InChI is InChI=1S/C31H30FN5O5S/c1-37-15-20-12-21(6-10-27(20)43(40,41)23-7-8-23)35-28(38)17-42-16-18-3-2-4-19(11-18)29(31(37)39)36-22-5-9-24-25(13-22)26(32)14-34-30(24)33/h2-6,9-14,23,29,36H,7-8,15-17H2,1H3,(H2,33,34)(H,35,38). The number of halogens is 1. The van der Waals surface area contributed by atoms with Crippen LogP contribution >= 0.6 is 0 Å². The molecule has 6 rings (SSSR count). The fourth-order valence-corrected chi connectivity index (χ4v) is 7.13. The molecule has 222 valence electrons. The zero-order chi connectivity index (χ0) is 30.3. The maximum absolute atomic E-state index is 14.7. The van der Waals surface area contributed by atoms with Gasteiger partial charge in [-0.3, -0.25) is 9.59 Å². The number of nitrogens with zero attached hydrogens (tertiary/aromatic N) is 2. The van der Waals surface area contributed by atoms with Crippen LogP contribution in [0.5, 0.6) is 0 Å². The topological polar surface area (TPSA) is 144 Å². The van der Waals surface area contributed by atoms with Gasteiger partial charge in [0.25, 0.3) is 0 Å². The van der Waals surface area contributed by atoms with Gasteiger partial charge in [0.15, 0.2) is 9.84 Å². The Labute approximate surface area is 248 Å². The second kappa shape index (κ2) is 11.3. The molecular formula is C31H30FN5O5S. The first-order valence-corrected chi connectivity index (χ1v) is 15.3.